The molecular weight excluding hydrogens is 210 g/mol. The van der Waals surface area contributed by atoms with Gasteiger partial charge in [0.25, 0.3) is 5.69 Å². The summed E-state index contributed by atoms with van der Waals surface area (Å²) in [6, 6.07) is 12.4. The number of nitrogens with zero attached hydrogens (tertiary/aromatic N) is 1. The van der Waals surface area contributed by atoms with Gasteiger partial charge in [0.1, 0.15) is 7.05 Å². The van der Waals surface area contributed by atoms with E-state index in [1.165, 1.54) is 11.1 Å². The monoisotopic (exact) mass is 224 g/mol. The van der Waals surface area contributed by atoms with Gasteiger partial charge in [0.15, 0.2) is 6.20 Å². The van der Waals surface area contributed by atoms with Crippen molar-refractivity contribution < 1.29 is 8.98 Å². The summed E-state index contributed by atoms with van der Waals surface area (Å²) in [4.78, 5) is 0. The number of aromatic nitrogens is 1. The fourth-order valence-electron chi connectivity index (χ4n) is 2.22. The molecule has 3 aromatic rings. The number of hydrogen-bond donors (Lipinski definition) is 0. The molecule has 0 atom stereocenters. The van der Waals surface area contributed by atoms with Crippen molar-refractivity contribution in [3.05, 3.63) is 54.4 Å². The van der Waals surface area contributed by atoms with E-state index < -0.39 is 0 Å². The predicted molar refractivity (Wildman–Crippen MR) is 67.6 cm³/mol. The van der Waals surface area contributed by atoms with Gasteiger partial charge in [-0.2, -0.15) is 4.57 Å². The van der Waals surface area contributed by atoms with Crippen molar-refractivity contribution in [1.29, 1.82) is 0 Å². The standard InChI is InChI=1S/C15H14NO/c1-11-5-3-4-6-13(11)14-15-12(8-10-17-15)7-9-16(14)2/h3-10H,1-2H3/q+1. The van der Waals surface area contributed by atoms with Crippen molar-refractivity contribution in [3.8, 4) is 11.3 Å². The van der Waals surface area contributed by atoms with Gasteiger partial charge in [-0.3, -0.25) is 0 Å². The third-order valence-electron chi connectivity index (χ3n) is 3.14. The molecule has 0 unspecified atom stereocenters. The Morgan fingerprint density at radius 2 is 1.88 bits per heavy atom. The van der Waals surface area contributed by atoms with Gasteiger partial charge in [0, 0.05) is 11.5 Å². The van der Waals surface area contributed by atoms with E-state index in [-0.39, 0.29) is 0 Å². The molecule has 2 heterocycles. The zero-order valence-electron chi connectivity index (χ0n) is 9.97. The van der Waals surface area contributed by atoms with E-state index in [0.29, 0.717) is 0 Å². The molecule has 0 spiro atoms. The minimum absolute atomic E-state index is 0.948. The van der Waals surface area contributed by atoms with Gasteiger partial charge in [-0.25, -0.2) is 0 Å². The Hall–Kier alpha value is -2.09. The number of fused-ring (bicyclic) bond motifs is 1. The first kappa shape index (κ1) is 10.1. The molecule has 0 aliphatic heterocycles. The Morgan fingerprint density at radius 1 is 1.06 bits per heavy atom. The van der Waals surface area contributed by atoms with Crippen LogP contribution in [0, 0.1) is 6.92 Å². The summed E-state index contributed by atoms with van der Waals surface area (Å²) in [6.45, 7) is 2.12. The number of aryl methyl sites for hydroxylation is 2. The van der Waals surface area contributed by atoms with Crippen LogP contribution in [0.4, 0.5) is 0 Å². The summed E-state index contributed by atoms with van der Waals surface area (Å²) in [5.74, 6) is 0. The van der Waals surface area contributed by atoms with Gasteiger partial charge in [-0.05, 0) is 24.6 Å². The molecule has 3 rings (SSSR count). The summed E-state index contributed by atoms with van der Waals surface area (Å²) >= 11 is 0. The van der Waals surface area contributed by atoms with Gasteiger partial charge < -0.3 is 4.42 Å². The van der Waals surface area contributed by atoms with Gasteiger partial charge in [0.05, 0.1) is 11.8 Å². The van der Waals surface area contributed by atoms with E-state index in [9.17, 15) is 0 Å². The molecule has 0 fully saturated rings. The van der Waals surface area contributed by atoms with Crippen LogP contribution < -0.4 is 4.57 Å². The Labute approximate surface area is 100 Å². The number of furan rings is 1. The van der Waals surface area contributed by atoms with Crippen molar-refractivity contribution in [2.45, 2.75) is 6.92 Å². The van der Waals surface area contributed by atoms with Crippen LogP contribution >= 0.6 is 0 Å². The first-order valence-electron chi connectivity index (χ1n) is 5.69. The summed E-state index contributed by atoms with van der Waals surface area (Å²) in [5.41, 5.74) is 4.55. The molecule has 2 nitrogen and oxygen atoms in total. The lowest BCUT2D eigenvalue weighted by Gasteiger charge is -2.04. The van der Waals surface area contributed by atoms with E-state index in [1.54, 1.807) is 6.26 Å². The Balaban J connectivity index is 2.40. The molecule has 84 valence electrons. The molecule has 2 heteroatoms. The van der Waals surface area contributed by atoms with Crippen LogP contribution in [0.25, 0.3) is 22.2 Å². The second-order valence-electron chi connectivity index (χ2n) is 4.30. The molecule has 0 amide bonds. The van der Waals surface area contributed by atoms with Crippen molar-refractivity contribution in [3.63, 3.8) is 0 Å². The molecule has 0 aliphatic carbocycles. The maximum Gasteiger partial charge on any atom is 0.256 e. The van der Waals surface area contributed by atoms with Crippen molar-refractivity contribution in [2.75, 3.05) is 0 Å². The minimum atomic E-state index is 0.948. The van der Waals surface area contributed by atoms with Crippen LogP contribution in [-0.2, 0) is 7.05 Å². The maximum absolute atomic E-state index is 5.62. The highest BCUT2D eigenvalue weighted by Gasteiger charge is 2.18. The molecule has 0 bridgehead atoms. The summed E-state index contributed by atoms with van der Waals surface area (Å²) in [7, 11) is 2.05. The quantitative estimate of drug-likeness (QED) is 0.580. The van der Waals surface area contributed by atoms with E-state index in [1.807, 2.05) is 13.1 Å². The number of rotatable bonds is 1. The van der Waals surface area contributed by atoms with Gasteiger partial charge >= 0.3 is 0 Å². The summed E-state index contributed by atoms with van der Waals surface area (Å²) < 4.78 is 7.72. The topological polar surface area (TPSA) is 17.0 Å². The second kappa shape index (κ2) is 3.74. The van der Waals surface area contributed by atoms with Crippen LogP contribution in [0.3, 0.4) is 0 Å². The molecular formula is C15H14NO+. The average Bonchev–Trinajstić information content (AvgIpc) is 2.79. The Bertz CT molecular complexity index is 682. The summed E-state index contributed by atoms with van der Waals surface area (Å²) in [6.07, 6.45) is 3.81. The smallest absolute Gasteiger partial charge is 0.256 e. The zero-order chi connectivity index (χ0) is 11.8. The molecule has 0 saturated carbocycles. The van der Waals surface area contributed by atoms with E-state index in [4.69, 9.17) is 4.42 Å². The van der Waals surface area contributed by atoms with Gasteiger partial charge in [0.2, 0.25) is 5.58 Å². The third-order valence-corrected chi connectivity index (χ3v) is 3.14. The molecule has 0 N–H and O–H groups in total. The molecule has 0 saturated heterocycles. The lowest BCUT2D eigenvalue weighted by molar-refractivity contribution is -0.659. The lowest BCUT2D eigenvalue weighted by Crippen LogP contribution is -2.30. The van der Waals surface area contributed by atoms with Crippen LogP contribution in [0.2, 0.25) is 0 Å². The van der Waals surface area contributed by atoms with Crippen molar-refractivity contribution in [1.82, 2.24) is 0 Å². The van der Waals surface area contributed by atoms with Crippen molar-refractivity contribution >= 4 is 11.0 Å². The second-order valence-corrected chi connectivity index (χ2v) is 4.30. The minimum Gasteiger partial charge on any atom is -0.457 e. The number of hydrogen-bond acceptors (Lipinski definition) is 1. The third kappa shape index (κ3) is 1.53. The fourth-order valence-corrected chi connectivity index (χ4v) is 2.22. The van der Waals surface area contributed by atoms with Crippen LogP contribution in [0.5, 0.6) is 0 Å². The van der Waals surface area contributed by atoms with Crippen LogP contribution in [-0.4, -0.2) is 0 Å². The number of pyridine rings is 1. The largest absolute Gasteiger partial charge is 0.457 e. The lowest BCUT2D eigenvalue weighted by atomic mass is 10.0. The molecule has 0 radical (unpaired) electrons. The normalized spacial score (nSPS) is 10.9. The van der Waals surface area contributed by atoms with Crippen LogP contribution in [0.15, 0.2) is 53.3 Å². The van der Waals surface area contributed by atoms with E-state index in [0.717, 1.165) is 16.7 Å². The number of benzene rings is 1. The average molecular weight is 224 g/mol. The molecule has 1 aromatic carbocycles. The van der Waals surface area contributed by atoms with E-state index in [2.05, 4.69) is 48.0 Å². The Kier molecular flexibility index (Phi) is 2.22. The van der Waals surface area contributed by atoms with E-state index >= 15 is 0 Å². The van der Waals surface area contributed by atoms with Gasteiger partial charge in [-0.15, -0.1) is 0 Å². The maximum atomic E-state index is 5.62. The zero-order valence-corrected chi connectivity index (χ0v) is 9.97. The Morgan fingerprint density at radius 3 is 2.71 bits per heavy atom. The molecule has 0 aliphatic rings. The summed E-state index contributed by atoms with van der Waals surface area (Å²) in [5, 5.41) is 1.14. The first-order valence-corrected chi connectivity index (χ1v) is 5.69. The molecule has 17 heavy (non-hydrogen) atoms. The first-order chi connectivity index (χ1) is 8.27. The highest BCUT2D eigenvalue weighted by molar-refractivity contribution is 5.88. The molecule has 2 aromatic heterocycles. The van der Waals surface area contributed by atoms with Crippen LogP contribution in [0.1, 0.15) is 5.56 Å². The SMILES string of the molecule is Cc1ccccc1-c1c2occc2cc[n+]1C. The highest BCUT2D eigenvalue weighted by atomic mass is 16.3. The highest BCUT2D eigenvalue weighted by Crippen LogP contribution is 2.27. The fraction of sp³-hybridized carbons (Fsp3) is 0.133. The van der Waals surface area contributed by atoms with Gasteiger partial charge in [-0.1, -0.05) is 18.2 Å². The predicted octanol–water partition coefficient (Wildman–Crippen LogP) is 3.23. The van der Waals surface area contributed by atoms with Crippen molar-refractivity contribution in [2.24, 2.45) is 7.05 Å².